The van der Waals surface area contributed by atoms with Crippen molar-refractivity contribution >= 4 is 23.2 Å². The number of ether oxygens (including phenoxy) is 1. The molecule has 142 valence electrons. The van der Waals surface area contributed by atoms with Crippen LogP contribution in [0.3, 0.4) is 0 Å². The molecule has 7 nitrogen and oxygen atoms in total. The normalized spacial score (nSPS) is 16.8. The van der Waals surface area contributed by atoms with E-state index in [1.807, 2.05) is 29.2 Å². The summed E-state index contributed by atoms with van der Waals surface area (Å²) in [4.78, 5) is 25.1. The van der Waals surface area contributed by atoms with Crippen LogP contribution in [0.5, 0.6) is 5.75 Å². The van der Waals surface area contributed by atoms with E-state index in [9.17, 15) is 14.9 Å². The summed E-state index contributed by atoms with van der Waals surface area (Å²) in [5, 5.41) is 14.4. The number of hydrogen-bond acceptors (Lipinski definition) is 5. The number of carbonyl (C=O) groups is 1. The quantitative estimate of drug-likeness (QED) is 0.627. The maximum Gasteiger partial charge on any atom is 0.270 e. The summed E-state index contributed by atoms with van der Waals surface area (Å²) in [6.07, 6.45) is 0.0858. The lowest BCUT2D eigenvalue weighted by Crippen LogP contribution is -2.49. The SMILES string of the molecule is COc1ccccc1C1CNCCN1C(=O)Cc1ccc([N+](=O)[O-])cc1Cl. The zero-order chi connectivity index (χ0) is 19.4. The number of rotatable bonds is 5. The first-order chi connectivity index (χ1) is 13.0. The number of benzene rings is 2. The van der Waals surface area contributed by atoms with Gasteiger partial charge in [-0.3, -0.25) is 14.9 Å². The van der Waals surface area contributed by atoms with Crippen molar-refractivity contribution in [1.82, 2.24) is 10.2 Å². The monoisotopic (exact) mass is 389 g/mol. The Balaban J connectivity index is 1.83. The molecule has 27 heavy (non-hydrogen) atoms. The number of halogens is 1. The molecule has 1 atom stereocenters. The molecule has 1 unspecified atom stereocenters. The minimum Gasteiger partial charge on any atom is -0.496 e. The highest BCUT2D eigenvalue weighted by atomic mass is 35.5. The maximum atomic E-state index is 13.0. The second-order valence-corrected chi connectivity index (χ2v) is 6.67. The number of methoxy groups -OCH3 is 1. The molecule has 0 aromatic heterocycles. The fourth-order valence-electron chi connectivity index (χ4n) is 3.28. The zero-order valence-corrected chi connectivity index (χ0v) is 15.6. The van der Waals surface area contributed by atoms with E-state index in [4.69, 9.17) is 16.3 Å². The van der Waals surface area contributed by atoms with Crippen molar-refractivity contribution in [2.45, 2.75) is 12.5 Å². The van der Waals surface area contributed by atoms with Crippen molar-refractivity contribution in [3.8, 4) is 5.75 Å². The minimum atomic E-state index is -0.508. The van der Waals surface area contributed by atoms with Crippen molar-refractivity contribution in [2.75, 3.05) is 26.7 Å². The molecule has 1 saturated heterocycles. The summed E-state index contributed by atoms with van der Waals surface area (Å²) in [5.74, 6) is 0.653. The number of piperazine rings is 1. The van der Waals surface area contributed by atoms with Crippen molar-refractivity contribution in [3.63, 3.8) is 0 Å². The van der Waals surface area contributed by atoms with Crippen molar-refractivity contribution in [2.24, 2.45) is 0 Å². The molecule has 1 heterocycles. The Bertz CT molecular complexity index is 859. The third-order valence-corrected chi connectivity index (χ3v) is 5.00. The number of carbonyl (C=O) groups excluding carboxylic acids is 1. The average Bonchev–Trinajstić information content (AvgIpc) is 2.69. The molecule has 3 rings (SSSR count). The molecule has 0 spiro atoms. The molecule has 1 amide bonds. The van der Waals surface area contributed by atoms with Gasteiger partial charge in [-0.2, -0.15) is 0 Å². The van der Waals surface area contributed by atoms with E-state index in [2.05, 4.69) is 5.32 Å². The fourth-order valence-corrected chi connectivity index (χ4v) is 3.52. The van der Waals surface area contributed by atoms with Crippen LogP contribution in [0.2, 0.25) is 5.02 Å². The molecule has 0 bridgehead atoms. The van der Waals surface area contributed by atoms with Crippen LogP contribution in [-0.2, 0) is 11.2 Å². The molecule has 0 aliphatic carbocycles. The Morgan fingerprint density at radius 1 is 1.37 bits per heavy atom. The van der Waals surface area contributed by atoms with Crippen LogP contribution in [0.4, 0.5) is 5.69 Å². The number of para-hydroxylation sites is 1. The van der Waals surface area contributed by atoms with Gasteiger partial charge in [-0.05, 0) is 11.6 Å². The predicted molar refractivity (Wildman–Crippen MR) is 102 cm³/mol. The summed E-state index contributed by atoms with van der Waals surface area (Å²) in [6.45, 7) is 1.89. The van der Waals surface area contributed by atoms with E-state index in [0.29, 0.717) is 25.2 Å². The Hall–Kier alpha value is -2.64. The minimum absolute atomic E-state index is 0.0804. The van der Waals surface area contributed by atoms with Crippen LogP contribution in [0, 0.1) is 10.1 Å². The van der Waals surface area contributed by atoms with E-state index in [1.54, 1.807) is 13.2 Å². The molecule has 2 aromatic rings. The van der Waals surface area contributed by atoms with Gasteiger partial charge in [0, 0.05) is 37.3 Å². The lowest BCUT2D eigenvalue weighted by molar-refractivity contribution is -0.384. The maximum absolute atomic E-state index is 13.0. The molecule has 8 heteroatoms. The highest BCUT2D eigenvalue weighted by molar-refractivity contribution is 6.31. The lowest BCUT2D eigenvalue weighted by atomic mass is 10.0. The molecule has 0 saturated carbocycles. The van der Waals surface area contributed by atoms with Gasteiger partial charge >= 0.3 is 0 Å². The van der Waals surface area contributed by atoms with Gasteiger partial charge in [0.05, 0.1) is 29.5 Å². The summed E-state index contributed by atoms with van der Waals surface area (Å²) in [7, 11) is 1.61. The first-order valence-electron chi connectivity index (χ1n) is 8.57. The smallest absolute Gasteiger partial charge is 0.270 e. The molecular formula is C19H20ClN3O4. The van der Waals surface area contributed by atoms with Gasteiger partial charge in [-0.15, -0.1) is 0 Å². The Morgan fingerprint density at radius 2 is 2.15 bits per heavy atom. The zero-order valence-electron chi connectivity index (χ0n) is 14.9. The molecular weight excluding hydrogens is 370 g/mol. The number of nitro benzene ring substituents is 1. The van der Waals surface area contributed by atoms with Crippen LogP contribution in [-0.4, -0.2) is 42.5 Å². The number of non-ortho nitro benzene ring substituents is 1. The van der Waals surface area contributed by atoms with Gasteiger partial charge < -0.3 is 15.0 Å². The third kappa shape index (κ3) is 4.20. The van der Waals surface area contributed by atoms with Crippen LogP contribution in [0.15, 0.2) is 42.5 Å². The average molecular weight is 390 g/mol. The number of hydrogen-bond donors (Lipinski definition) is 1. The summed E-state index contributed by atoms with van der Waals surface area (Å²) < 4.78 is 5.45. The van der Waals surface area contributed by atoms with Gasteiger partial charge in [-0.25, -0.2) is 0 Å². The van der Waals surface area contributed by atoms with E-state index in [-0.39, 0.29) is 29.1 Å². The van der Waals surface area contributed by atoms with Gasteiger partial charge in [0.2, 0.25) is 5.91 Å². The highest BCUT2D eigenvalue weighted by Gasteiger charge is 2.30. The van der Waals surface area contributed by atoms with Gasteiger partial charge in [-0.1, -0.05) is 35.9 Å². The van der Waals surface area contributed by atoms with E-state index in [0.717, 1.165) is 11.3 Å². The van der Waals surface area contributed by atoms with Crippen molar-refractivity contribution < 1.29 is 14.5 Å². The van der Waals surface area contributed by atoms with Crippen LogP contribution >= 0.6 is 11.6 Å². The summed E-state index contributed by atoms with van der Waals surface area (Å²) in [5.41, 5.74) is 1.42. The molecule has 1 fully saturated rings. The Morgan fingerprint density at radius 3 is 2.85 bits per heavy atom. The van der Waals surface area contributed by atoms with Gasteiger partial charge in [0.15, 0.2) is 0 Å². The number of nitrogens with zero attached hydrogens (tertiary/aromatic N) is 2. The van der Waals surface area contributed by atoms with E-state index >= 15 is 0 Å². The number of amides is 1. The molecule has 1 N–H and O–H groups in total. The van der Waals surface area contributed by atoms with Crippen LogP contribution < -0.4 is 10.1 Å². The number of nitro groups is 1. The molecule has 1 aliphatic rings. The van der Waals surface area contributed by atoms with Gasteiger partial charge in [0.1, 0.15) is 5.75 Å². The highest BCUT2D eigenvalue weighted by Crippen LogP contribution is 2.31. The standard InChI is InChI=1S/C19H20ClN3O4/c1-27-18-5-3-2-4-15(18)17-12-21-8-9-22(17)19(24)10-13-6-7-14(23(25)26)11-16(13)20/h2-7,11,17,21H,8-10,12H2,1H3. The largest absolute Gasteiger partial charge is 0.496 e. The second-order valence-electron chi connectivity index (χ2n) is 6.26. The van der Waals surface area contributed by atoms with Crippen molar-refractivity contribution in [3.05, 3.63) is 68.7 Å². The molecule has 2 aromatic carbocycles. The van der Waals surface area contributed by atoms with E-state index < -0.39 is 4.92 Å². The lowest BCUT2D eigenvalue weighted by Gasteiger charge is -2.37. The van der Waals surface area contributed by atoms with Crippen molar-refractivity contribution in [1.29, 1.82) is 0 Å². The predicted octanol–water partition coefficient (Wildman–Crippen LogP) is 2.97. The topological polar surface area (TPSA) is 84.7 Å². The number of nitrogens with one attached hydrogen (secondary N) is 1. The van der Waals surface area contributed by atoms with Gasteiger partial charge in [0.25, 0.3) is 5.69 Å². The Labute approximate surface area is 162 Å². The third-order valence-electron chi connectivity index (χ3n) is 4.65. The molecule has 0 radical (unpaired) electrons. The summed E-state index contributed by atoms with van der Waals surface area (Å²) in [6, 6.07) is 11.7. The summed E-state index contributed by atoms with van der Waals surface area (Å²) >= 11 is 6.15. The fraction of sp³-hybridized carbons (Fsp3) is 0.316. The molecule has 1 aliphatic heterocycles. The van der Waals surface area contributed by atoms with Crippen LogP contribution in [0.25, 0.3) is 0 Å². The van der Waals surface area contributed by atoms with E-state index in [1.165, 1.54) is 12.1 Å². The Kier molecular flexibility index (Phi) is 5.93. The first kappa shape index (κ1) is 19.1. The van der Waals surface area contributed by atoms with Crippen LogP contribution in [0.1, 0.15) is 17.2 Å². The second kappa shape index (κ2) is 8.37. The first-order valence-corrected chi connectivity index (χ1v) is 8.95.